The van der Waals surface area contributed by atoms with Crippen molar-refractivity contribution in [2.24, 2.45) is 5.16 Å². The van der Waals surface area contributed by atoms with Crippen LogP contribution >= 0.6 is 0 Å². The molecule has 0 saturated carbocycles. The zero-order chi connectivity index (χ0) is 11.4. The summed E-state index contributed by atoms with van der Waals surface area (Å²) in [5.41, 5.74) is -0.822. The Morgan fingerprint density at radius 2 is 2.00 bits per heavy atom. The molecule has 0 radical (unpaired) electrons. The lowest BCUT2D eigenvalue weighted by atomic mass is 10.1. The zero-order valence-electron chi connectivity index (χ0n) is 7.28. The Labute approximate surface area is 83.3 Å². The molecule has 0 atom stereocenters. The number of pyridine rings is 1. The second kappa shape index (κ2) is 4.18. The molecule has 15 heavy (non-hydrogen) atoms. The van der Waals surface area contributed by atoms with Gasteiger partial charge in [0.1, 0.15) is 0 Å². The van der Waals surface area contributed by atoms with E-state index in [1.54, 1.807) is 0 Å². The van der Waals surface area contributed by atoms with Gasteiger partial charge in [0, 0.05) is 11.8 Å². The maximum atomic E-state index is 10.7. The topological polar surface area (TPSA) is 120 Å². The first kappa shape index (κ1) is 10.6. The van der Waals surface area contributed by atoms with Crippen LogP contribution in [0.1, 0.15) is 26.4 Å². The van der Waals surface area contributed by atoms with Crippen LogP contribution in [-0.2, 0) is 0 Å². The summed E-state index contributed by atoms with van der Waals surface area (Å²) < 4.78 is 0. The van der Waals surface area contributed by atoms with Gasteiger partial charge in [0.25, 0.3) is 0 Å². The fourth-order valence-electron chi connectivity index (χ4n) is 0.952. The van der Waals surface area contributed by atoms with Crippen molar-refractivity contribution in [2.75, 3.05) is 0 Å². The first-order chi connectivity index (χ1) is 7.06. The average molecular weight is 210 g/mol. The van der Waals surface area contributed by atoms with Gasteiger partial charge in [0.15, 0.2) is 5.69 Å². The molecule has 1 rings (SSSR count). The van der Waals surface area contributed by atoms with E-state index in [0.717, 1.165) is 18.5 Å². The number of nitrogens with zero attached hydrogens (tertiary/aromatic N) is 2. The molecule has 0 spiro atoms. The molecular formula is C8H6N2O5. The summed E-state index contributed by atoms with van der Waals surface area (Å²) in [6.45, 7) is 0. The molecule has 7 heteroatoms. The summed E-state index contributed by atoms with van der Waals surface area (Å²) in [4.78, 5) is 24.7. The Kier molecular flexibility index (Phi) is 2.97. The summed E-state index contributed by atoms with van der Waals surface area (Å²) in [6.07, 6.45) is 2.04. The standard InChI is InChI=1S/C8H6N2O5/c11-7(12)5-1-4(3-10-15)2-9-6(5)8(13)14/h1-3,15H,(H,11,12)(H,13,14). The fourth-order valence-corrected chi connectivity index (χ4v) is 0.952. The van der Waals surface area contributed by atoms with E-state index >= 15 is 0 Å². The molecule has 7 nitrogen and oxygen atoms in total. The van der Waals surface area contributed by atoms with E-state index in [0.29, 0.717) is 0 Å². The van der Waals surface area contributed by atoms with Crippen molar-refractivity contribution in [1.29, 1.82) is 0 Å². The third kappa shape index (κ3) is 2.27. The molecular weight excluding hydrogens is 204 g/mol. The third-order valence-corrected chi connectivity index (χ3v) is 1.55. The number of rotatable bonds is 3. The summed E-state index contributed by atoms with van der Waals surface area (Å²) >= 11 is 0. The highest BCUT2D eigenvalue weighted by Gasteiger charge is 2.17. The molecule has 1 aromatic rings. The second-order valence-electron chi connectivity index (χ2n) is 2.52. The second-order valence-corrected chi connectivity index (χ2v) is 2.52. The Morgan fingerprint density at radius 1 is 1.33 bits per heavy atom. The van der Waals surface area contributed by atoms with E-state index in [-0.39, 0.29) is 5.56 Å². The highest BCUT2D eigenvalue weighted by molar-refractivity contribution is 6.01. The van der Waals surface area contributed by atoms with Gasteiger partial charge in [-0.05, 0) is 6.07 Å². The Hall–Kier alpha value is -2.44. The lowest BCUT2D eigenvalue weighted by molar-refractivity contribution is 0.0646. The quantitative estimate of drug-likeness (QED) is 0.374. The van der Waals surface area contributed by atoms with Crippen LogP contribution in [-0.4, -0.2) is 38.6 Å². The van der Waals surface area contributed by atoms with Crippen molar-refractivity contribution in [1.82, 2.24) is 4.98 Å². The number of carboxylic acid groups (broad SMARTS) is 2. The van der Waals surface area contributed by atoms with Gasteiger partial charge >= 0.3 is 11.9 Å². The summed E-state index contributed by atoms with van der Waals surface area (Å²) in [5, 5.41) is 28.2. The fraction of sp³-hybridized carbons (Fsp3) is 0. The van der Waals surface area contributed by atoms with Crippen LogP contribution in [0.15, 0.2) is 17.4 Å². The molecule has 3 N–H and O–H groups in total. The normalized spacial score (nSPS) is 10.4. The number of hydrogen-bond donors (Lipinski definition) is 3. The molecule has 1 aromatic heterocycles. The highest BCUT2D eigenvalue weighted by Crippen LogP contribution is 2.08. The van der Waals surface area contributed by atoms with Gasteiger partial charge < -0.3 is 15.4 Å². The van der Waals surface area contributed by atoms with Gasteiger partial charge in [0.2, 0.25) is 0 Å². The molecule has 0 aliphatic heterocycles. The van der Waals surface area contributed by atoms with E-state index in [1.165, 1.54) is 0 Å². The highest BCUT2D eigenvalue weighted by atomic mass is 16.4. The number of hydrogen-bond acceptors (Lipinski definition) is 5. The van der Waals surface area contributed by atoms with E-state index in [9.17, 15) is 9.59 Å². The zero-order valence-corrected chi connectivity index (χ0v) is 7.28. The van der Waals surface area contributed by atoms with Gasteiger partial charge in [-0.1, -0.05) is 5.16 Å². The molecule has 0 fully saturated rings. The van der Waals surface area contributed by atoms with Crippen molar-refractivity contribution in [2.45, 2.75) is 0 Å². The molecule has 0 aliphatic rings. The van der Waals surface area contributed by atoms with Crippen molar-refractivity contribution >= 4 is 18.2 Å². The minimum Gasteiger partial charge on any atom is -0.478 e. The maximum Gasteiger partial charge on any atom is 0.355 e. The SMILES string of the molecule is O=C(O)c1cc(C=NO)cnc1C(=O)O. The molecule has 0 saturated heterocycles. The molecule has 0 bridgehead atoms. The van der Waals surface area contributed by atoms with E-state index < -0.39 is 23.2 Å². The minimum atomic E-state index is -1.43. The first-order valence-electron chi connectivity index (χ1n) is 3.70. The Balaban J connectivity index is 3.33. The number of aromatic carboxylic acids is 2. The number of aromatic nitrogens is 1. The van der Waals surface area contributed by atoms with Gasteiger partial charge in [-0.15, -0.1) is 0 Å². The van der Waals surface area contributed by atoms with E-state index in [2.05, 4.69) is 10.1 Å². The Bertz CT molecular complexity index is 441. The predicted molar refractivity (Wildman–Crippen MR) is 47.5 cm³/mol. The van der Waals surface area contributed by atoms with Crippen LogP contribution < -0.4 is 0 Å². The molecule has 78 valence electrons. The summed E-state index contributed by atoms with van der Waals surface area (Å²) in [5.74, 6) is -2.84. The number of carbonyl (C=O) groups is 2. The molecule has 1 heterocycles. The van der Waals surface area contributed by atoms with Crippen molar-refractivity contribution in [3.8, 4) is 0 Å². The number of carboxylic acids is 2. The van der Waals surface area contributed by atoms with Crippen LogP contribution in [0.25, 0.3) is 0 Å². The summed E-state index contributed by atoms with van der Waals surface area (Å²) in [7, 11) is 0. The molecule has 0 amide bonds. The summed E-state index contributed by atoms with van der Waals surface area (Å²) in [6, 6.07) is 1.05. The van der Waals surface area contributed by atoms with Crippen LogP contribution in [0, 0.1) is 0 Å². The molecule has 0 aliphatic carbocycles. The monoisotopic (exact) mass is 210 g/mol. The molecule has 0 unspecified atom stereocenters. The van der Waals surface area contributed by atoms with Gasteiger partial charge in [-0.2, -0.15) is 0 Å². The average Bonchev–Trinajstić information content (AvgIpc) is 2.17. The smallest absolute Gasteiger partial charge is 0.355 e. The van der Waals surface area contributed by atoms with Crippen molar-refractivity contribution in [3.63, 3.8) is 0 Å². The third-order valence-electron chi connectivity index (χ3n) is 1.55. The lowest BCUT2D eigenvalue weighted by Gasteiger charge is -2.00. The minimum absolute atomic E-state index is 0.194. The van der Waals surface area contributed by atoms with Crippen LogP contribution in [0.5, 0.6) is 0 Å². The van der Waals surface area contributed by atoms with Crippen molar-refractivity contribution < 1.29 is 25.0 Å². The van der Waals surface area contributed by atoms with Crippen LogP contribution in [0.3, 0.4) is 0 Å². The van der Waals surface area contributed by atoms with Crippen molar-refractivity contribution in [3.05, 3.63) is 29.1 Å². The van der Waals surface area contributed by atoms with E-state index in [1.807, 2.05) is 0 Å². The largest absolute Gasteiger partial charge is 0.478 e. The predicted octanol–water partition coefficient (Wildman–Crippen LogP) is 0.286. The maximum absolute atomic E-state index is 10.7. The first-order valence-corrected chi connectivity index (χ1v) is 3.70. The lowest BCUT2D eigenvalue weighted by Crippen LogP contribution is -2.11. The van der Waals surface area contributed by atoms with Gasteiger partial charge in [-0.3, -0.25) is 0 Å². The van der Waals surface area contributed by atoms with Crippen LogP contribution in [0.2, 0.25) is 0 Å². The van der Waals surface area contributed by atoms with E-state index in [4.69, 9.17) is 15.4 Å². The molecule has 0 aromatic carbocycles. The Morgan fingerprint density at radius 3 is 2.47 bits per heavy atom. The van der Waals surface area contributed by atoms with Crippen LogP contribution in [0.4, 0.5) is 0 Å². The van der Waals surface area contributed by atoms with Gasteiger partial charge in [-0.25, -0.2) is 14.6 Å². The van der Waals surface area contributed by atoms with Gasteiger partial charge in [0.05, 0.1) is 11.8 Å². The number of oxime groups is 1.